The fourth-order valence-corrected chi connectivity index (χ4v) is 4.03. The van der Waals surface area contributed by atoms with Gasteiger partial charge in [0.05, 0.1) is 24.4 Å². The average molecular weight is 318 g/mol. The second-order valence-corrected chi connectivity index (χ2v) is 6.61. The van der Waals surface area contributed by atoms with Crippen LogP contribution >= 0.6 is 23.1 Å². The van der Waals surface area contributed by atoms with Gasteiger partial charge < -0.3 is 15.2 Å². The number of aromatic nitrogens is 1. The zero-order chi connectivity index (χ0) is 14.8. The number of methoxy groups -OCH3 is 2. The van der Waals surface area contributed by atoms with E-state index in [0.29, 0.717) is 17.2 Å². The smallest absolute Gasteiger partial charge is 0.162 e. The Morgan fingerprint density at radius 3 is 2.52 bits per heavy atom. The molecule has 4 nitrogen and oxygen atoms in total. The van der Waals surface area contributed by atoms with Gasteiger partial charge in [0.25, 0.3) is 0 Å². The van der Waals surface area contributed by atoms with Crippen LogP contribution in [0.5, 0.6) is 11.5 Å². The van der Waals surface area contributed by atoms with E-state index in [2.05, 4.69) is 11.1 Å². The number of benzene rings is 2. The minimum atomic E-state index is 0.628. The quantitative estimate of drug-likeness (QED) is 0.736. The van der Waals surface area contributed by atoms with Crippen molar-refractivity contribution < 1.29 is 9.47 Å². The molecule has 0 aliphatic rings. The summed E-state index contributed by atoms with van der Waals surface area (Å²) in [6.45, 7) is 0. The Hall–Kier alpha value is -1.92. The van der Waals surface area contributed by atoms with Gasteiger partial charge in [-0.25, -0.2) is 4.98 Å². The van der Waals surface area contributed by atoms with E-state index in [9.17, 15) is 0 Å². The lowest BCUT2D eigenvalue weighted by Crippen LogP contribution is -1.95. The Morgan fingerprint density at radius 1 is 1.10 bits per heavy atom. The summed E-state index contributed by atoms with van der Waals surface area (Å²) in [6, 6.07) is 11.7. The molecule has 2 N–H and O–H groups in total. The first-order chi connectivity index (χ1) is 10.2. The van der Waals surface area contributed by atoms with Crippen molar-refractivity contribution in [1.82, 2.24) is 4.98 Å². The third-order valence-corrected chi connectivity index (χ3v) is 5.16. The summed E-state index contributed by atoms with van der Waals surface area (Å²) in [5.74, 6) is 1.29. The van der Waals surface area contributed by atoms with Gasteiger partial charge in [-0.15, -0.1) is 11.3 Å². The fourth-order valence-electron chi connectivity index (χ4n) is 1.95. The van der Waals surface area contributed by atoms with Crippen LogP contribution in [0.4, 0.5) is 5.69 Å². The zero-order valence-corrected chi connectivity index (χ0v) is 13.3. The molecular weight excluding hydrogens is 304 g/mol. The summed E-state index contributed by atoms with van der Waals surface area (Å²) in [5, 5.41) is 0. The third-order valence-electron chi connectivity index (χ3n) is 2.99. The van der Waals surface area contributed by atoms with Gasteiger partial charge in [0.2, 0.25) is 0 Å². The highest BCUT2D eigenvalue weighted by molar-refractivity contribution is 8.01. The molecular formula is C15H14N2O2S2. The van der Waals surface area contributed by atoms with Crippen LogP contribution in [-0.2, 0) is 0 Å². The molecule has 0 aliphatic heterocycles. The van der Waals surface area contributed by atoms with Crippen molar-refractivity contribution in [2.75, 3.05) is 20.0 Å². The normalized spacial score (nSPS) is 10.8. The Labute approximate surface area is 130 Å². The molecule has 0 unspecified atom stereocenters. The van der Waals surface area contributed by atoms with Gasteiger partial charge in [0.15, 0.2) is 15.8 Å². The molecule has 0 saturated heterocycles. The number of rotatable bonds is 4. The monoisotopic (exact) mass is 318 g/mol. The van der Waals surface area contributed by atoms with Gasteiger partial charge >= 0.3 is 0 Å². The third kappa shape index (κ3) is 2.77. The predicted octanol–water partition coefficient (Wildman–Crippen LogP) is 4.05. The van der Waals surface area contributed by atoms with E-state index in [1.54, 1.807) is 31.6 Å². The van der Waals surface area contributed by atoms with E-state index in [1.165, 1.54) is 16.5 Å². The van der Waals surface area contributed by atoms with Crippen LogP contribution in [0.25, 0.3) is 10.2 Å². The fraction of sp³-hybridized carbons (Fsp3) is 0.133. The van der Waals surface area contributed by atoms with Gasteiger partial charge in [0, 0.05) is 22.7 Å². The van der Waals surface area contributed by atoms with Gasteiger partial charge in [-0.1, -0.05) is 23.9 Å². The Bertz CT molecular complexity index is 753. The Kier molecular flexibility index (Phi) is 3.90. The topological polar surface area (TPSA) is 57.4 Å². The number of hydrogen-bond donors (Lipinski definition) is 1. The van der Waals surface area contributed by atoms with Crippen LogP contribution in [0.2, 0.25) is 0 Å². The standard InChI is InChI=1S/C15H14N2O2S2/c1-18-11-7-9(16)14(8-12(11)19-2)21-15-17-10-5-3-4-6-13(10)20-15/h3-8H,16H2,1-2H3. The summed E-state index contributed by atoms with van der Waals surface area (Å²) < 4.78 is 12.7. The molecule has 0 saturated carbocycles. The average Bonchev–Trinajstić information content (AvgIpc) is 2.91. The molecule has 0 fully saturated rings. The Balaban J connectivity index is 1.97. The molecule has 0 aliphatic carbocycles. The zero-order valence-electron chi connectivity index (χ0n) is 11.6. The molecule has 0 spiro atoms. The van der Waals surface area contributed by atoms with E-state index in [4.69, 9.17) is 15.2 Å². The molecule has 2 aromatic carbocycles. The molecule has 1 aromatic heterocycles. The van der Waals surface area contributed by atoms with Crippen LogP contribution < -0.4 is 15.2 Å². The van der Waals surface area contributed by atoms with Gasteiger partial charge in [-0.05, 0) is 12.1 Å². The summed E-state index contributed by atoms with van der Waals surface area (Å²) in [5.41, 5.74) is 7.74. The van der Waals surface area contributed by atoms with E-state index in [0.717, 1.165) is 14.8 Å². The van der Waals surface area contributed by atoms with Crippen LogP contribution in [0.1, 0.15) is 0 Å². The van der Waals surface area contributed by atoms with E-state index >= 15 is 0 Å². The lowest BCUT2D eigenvalue weighted by Gasteiger charge is -2.11. The molecule has 6 heteroatoms. The van der Waals surface area contributed by atoms with Crippen molar-refractivity contribution in [3.8, 4) is 11.5 Å². The molecule has 3 aromatic rings. The number of nitrogen functional groups attached to an aromatic ring is 1. The van der Waals surface area contributed by atoms with Crippen molar-refractivity contribution in [3.05, 3.63) is 36.4 Å². The maximum absolute atomic E-state index is 6.08. The molecule has 3 rings (SSSR count). The minimum absolute atomic E-state index is 0.628. The molecule has 0 radical (unpaired) electrons. The number of nitrogens with zero attached hydrogens (tertiary/aromatic N) is 1. The largest absolute Gasteiger partial charge is 0.493 e. The molecule has 0 amide bonds. The highest BCUT2D eigenvalue weighted by atomic mass is 32.2. The van der Waals surface area contributed by atoms with Gasteiger partial charge in [-0.3, -0.25) is 0 Å². The maximum atomic E-state index is 6.08. The molecule has 108 valence electrons. The molecule has 21 heavy (non-hydrogen) atoms. The van der Waals surface area contributed by atoms with Crippen molar-refractivity contribution in [2.24, 2.45) is 0 Å². The second-order valence-electron chi connectivity index (χ2n) is 4.29. The first kappa shape index (κ1) is 14.0. The lowest BCUT2D eigenvalue weighted by atomic mass is 10.3. The second kappa shape index (κ2) is 5.83. The number of ether oxygens (including phenoxy) is 2. The van der Waals surface area contributed by atoms with E-state index in [1.807, 2.05) is 24.3 Å². The number of hydrogen-bond acceptors (Lipinski definition) is 6. The van der Waals surface area contributed by atoms with Crippen LogP contribution in [0.15, 0.2) is 45.6 Å². The van der Waals surface area contributed by atoms with Crippen LogP contribution in [0, 0.1) is 0 Å². The van der Waals surface area contributed by atoms with E-state index in [-0.39, 0.29) is 0 Å². The first-order valence-corrected chi connectivity index (χ1v) is 7.89. The molecule has 1 heterocycles. The number of nitrogens with two attached hydrogens (primary N) is 1. The lowest BCUT2D eigenvalue weighted by molar-refractivity contribution is 0.354. The maximum Gasteiger partial charge on any atom is 0.162 e. The number of thiazole rings is 1. The summed E-state index contributed by atoms with van der Waals surface area (Å²) in [4.78, 5) is 5.51. The van der Waals surface area contributed by atoms with Crippen molar-refractivity contribution in [1.29, 1.82) is 0 Å². The van der Waals surface area contributed by atoms with Gasteiger partial charge in [-0.2, -0.15) is 0 Å². The molecule has 0 atom stereocenters. The predicted molar refractivity (Wildman–Crippen MR) is 87.7 cm³/mol. The number of para-hydroxylation sites is 1. The summed E-state index contributed by atoms with van der Waals surface area (Å²) in [7, 11) is 3.21. The van der Waals surface area contributed by atoms with Crippen LogP contribution in [-0.4, -0.2) is 19.2 Å². The van der Waals surface area contributed by atoms with Crippen LogP contribution in [0.3, 0.4) is 0 Å². The van der Waals surface area contributed by atoms with Crippen molar-refractivity contribution in [3.63, 3.8) is 0 Å². The van der Waals surface area contributed by atoms with Crippen molar-refractivity contribution in [2.45, 2.75) is 9.24 Å². The minimum Gasteiger partial charge on any atom is -0.493 e. The Morgan fingerprint density at radius 2 is 1.81 bits per heavy atom. The number of anilines is 1. The summed E-state index contributed by atoms with van der Waals surface area (Å²) in [6.07, 6.45) is 0. The number of fused-ring (bicyclic) bond motifs is 1. The van der Waals surface area contributed by atoms with Gasteiger partial charge in [0.1, 0.15) is 0 Å². The van der Waals surface area contributed by atoms with Crippen molar-refractivity contribution >= 4 is 39.0 Å². The van der Waals surface area contributed by atoms with E-state index < -0.39 is 0 Å². The SMILES string of the molecule is COc1cc(N)c(Sc2nc3ccccc3s2)cc1OC. The summed E-state index contributed by atoms with van der Waals surface area (Å²) >= 11 is 3.18. The first-order valence-electron chi connectivity index (χ1n) is 6.26. The molecule has 0 bridgehead atoms. The highest BCUT2D eigenvalue weighted by Crippen LogP contribution is 2.41. The highest BCUT2D eigenvalue weighted by Gasteiger charge is 2.12.